The average Bonchev–Trinajstić information content (AvgIpc) is 3.14. The van der Waals surface area contributed by atoms with Crippen LogP contribution in [0.5, 0.6) is 5.75 Å². The summed E-state index contributed by atoms with van der Waals surface area (Å²) >= 11 is 6.64. The number of halogens is 1. The molecule has 0 saturated heterocycles. The fourth-order valence-corrected chi connectivity index (χ4v) is 4.07. The maximum atomic E-state index is 6.64. The smallest absolute Gasteiger partial charge is 0.118 e. The zero-order valence-electron chi connectivity index (χ0n) is 17.6. The van der Waals surface area contributed by atoms with Gasteiger partial charge in [-0.05, 0) is 63.0 Å². The van der Waals surface area contributed by atoms with Crippen molar-refractivity contribution in [3.63, 3.8) is 0 Å². The van der Waals surface area contributed by atoms with Crippen LogP contribution in [0.1, 0.15) is 6.42 Å². The molecule has 4 aromatic rings. The lowest BCUT2D eigenvalue weighted by molar-refractivity contribution is 0.388. The predicted octanol–water partition coefficient (Wildman–Crippen LogP) is 5.98. The molecule has 4 rings (SSSR count). The second-order valence-electron chi connectivity index (χ2n) is 7.72. The summed E-state index contributed by atoms with van der Waals surface area (Å²) in [5.41, 5.74) is 5.50. The Bertz CT molecular complexity index is 1150. The molecule has 0 fully saturated rings. The summed E-state index contributed by atoms with van der Waals surface area (Å²) in [4.78, 5) is 6.73. The third-order valence-corrected chi connectivity index (χ3v) is 5.65. The SMILES string of the molecule is COc1ccc(-c2cncc(-c3cn(CCCN(C)C)c4cccc(Cl)c34)c2)cc1. The number of hydrogen-bond acceptors (Lipinski definition) is 3. The number of nitrogens with zero attached hydrogens (tertiary/aromatic N) is 3. The first-order chi connectivity index (χ1) is 14.6. The highest BCUT2D eigenvalue weighted by molar-refractivity contribution is 6.36. The number of methoxy groups -OCH3 is 1. The van der Waals surface area contributed by atoms with Gasteiger partial charge in [-0.2, -0.15) is 0 Å². The maximum Gasteiger partial charge on any atom is 0.118 e. The van der Waals surface area contributed by atoms with Gasteiger partial charge in [0.15, 0.2) is 0 Å². The van der Waals surface area contributed by atoms with Crippen molar-refractivity contribution in [2.24, 2.45) is 0 Å². The highest BCUT2D eigenvalue weighted by Crippen LogP contribution is 2.36. The van der Waals surface area contributed by atoms with Crippen molar-refractivity contribution >= 4 is 22.5 Å². The van der Waals surface area contributed by atoms with Crippen LogP contribution in [0.2, 0.25) is 5.02 Å². The lowest BCUT2D eigenvalue weighted by Gasteiger charge is -2.10. The largest absolute Gasteiger partial charge is 0.497 e. The Labute approximate surface area is 182 Å². The number of aromatic nitrogens is 2. The third-order valence-electron chi connectivity index (χ3n) is 5.33. The van der Waals surface area contributed by atoms with E-state index in [0.717, 1.165) is 63.4 Å². The molecular weight excluding hydrogens is 394 g/mol. The molecule has 2 heterocycles. The van der Waals surface area contributed by atoms with Crippen LogP contribution >= 0.6 is 11.6 Å². The topological polar surface area (TPSA) is 30.3 Å². The van der Waals surface area contributed by atoms with Crippen molar-refractivity contribution in [3.05, 3.63) is 72.1 Å². The molecule has 30 heavy (non-hydrogen) atoms. The minimum Gasteiger partial charge on any atom is -0.497 e. The van der Waals surface area contributed by atoms with Crippen molar-refractivity contribution in [3.8, 4) is 28.0 Å². The van der Waals surface area contributed by atoms with E-state index in [1.54, 1.807) is 7.11 Å². The molecular formula is C25H26ClN3O. The molecule has 0 aliphatic rings. The number of hydrogen-bond donors (Lipinski definition) is 0. The van der Waals surface area contributed by atoms with Crippen LogP contribution in [-0.4, -0.2) is 42.2 Å². The molecule has 2 aromatic carbocycles. The number of pyridine rings is 1. The zero-order chi connectivity index (χ0) is 21.1. The third kappa shape index (κ3) is 4.20. The lowest BCUT2D eigenvalue weighted by Crippen LogP contribution is -2.14. The van der Waals surface area contributed by atoms with E-state index < -0.39 is 0 Å². The van der Waals surface area contributed by atoms with Gasteiger partial charge in [0.2, 0.25) is 0 Å². The van der Waals surface area contributed by atoms with E-state index in [1.807, 2.05) is 36.7 Å². The Balaban J connectivity index is 1.75. The summed E-state index contributed by atoms with van der Waals surface area (Å²) in [5, 5.41) is 1.85. The van der Waals surface area contributed by atoms with Crippen LogP contribution in [0.3, 0.4) is 0 Å². The summed E-state index contributed by atoms with van der Waals surface area (Å²) in [7, 11) is 5.88. The summed E-state index contributed by atoms with van der Waals surface area (Å²) in [6.45, 7) is 1.99. The minimum absolute atomic E-state index is 0.767. The van der Waals surface area contributed by atoms with E-state index in [1.165, 1.54) is 0 Å². The van der Waals surface area contributed by atoms with Crippen LogP contribution in [-0.2, 0) is 6.54 Å². The maximum absolute atomic E-state index is 6.64. The molecule has 0 N–H and O–H groups in total. The highest BCUT2D eigenvalue weighted by Gasteiger charge is 2.14. The normalized spacial score (nSPS) is 11.4. The molecule has 0 spiro atoms. The summed E-state index contributed by atoms with van der Waals surface area (Å²) < 4.78 is 7.58. The van der Waals surface area contributed by atoms with E-state index in [2.05, 4.69) is 59.0 Å². The first-order valence-corrected chi connectivity index (χ1v) is 10.5. The van der Waals surface area contributed by atoms with Crippen LogP contribution < -0.4 is 4.74 Å². The van der Waals surface area contributed by atoms with E-state index in [-0.39, 0.29) is 0 Å². The standard InChI is InChI=1S/C25H26ClN3O/c1-28(2)12-5-13-29-17-22(25-23(26)6-4-7-24(25)29)20-14-19(15-27-16-20)18-8-10-21(30-3)11-9-18/h4,6-11,14-17H,5,12-13H2,1-3H3. The number of rotatable bonds is 7. The van der Waals surface area contributed by atoms with E-state index in [4.69, 9.17) is 16.3 Å². The van der Waals surface area contributed by atoms with E-state index >= 15 is 0 Å². The number of ether oxygens (including phenoxy) is 1. The fraction of sp³-hybridized carbons (Fsp3) is 0.240. The molecule has 0 aliphatic carbocycles. The molecule has 4 nitrogen and oxygen atoms in total. The Morgan fingerprint density at radius 1 is 1.00 bits per heavy atom. The molecule has 5 heteroatoms. The Kier molecular flexibility index (Phi) is 6.07. The molecule has 0 bridgehead atoms. The molecule has 154 valence electrons. The van der Waals surface area contributed by atoms with Gasteiger partial charge in [0.05, 0.1) is 17.6 Å². The fourth-order valence-electron chi connectivity index (χ4n) is 3.80. The first kappa shape index (κ1) is 20.5. The number of aryl methyl sites for hydroxylation is 1. The Morgan fingerprint density at radius 3 is 2.50 bits per heavy atom. The van der Waals surface area contributed by atoms with Crippen molar-refractivity contribution in [2.75, 3.05) is 27.7 Å². The number of fused-ring (bicyclic) bond motifs is 1. The second kappa shape index (κ2) is 8.90. The molecule has 0 saturated carbocycles. The van der Waals surface area contributed by atoms with Gasteiger partial charge in [-0.3, -0.25) is 4.98 Å². The van der Waals surface area contributed by atoms with Crippen LogP contribution in [0.25, 0.3) is 33.2 Å². The summed E-state index contributed by atoms with van der Waals surface area (Å²) in [5.74, 6) is 0.843. The molecule has 0 amide bonds. The lowest BCUT2D eigenvalue weighted by atomic mass is 10.0. The van der Waals surface area contributed by atoms with Gasteiger partial charge in [0.25, 0.3) is 0 Å². The van der Waals surface area contributed by atoms with Gasteiger partial charge in [-0.25, -0.2) is 0 Å². The highest BCUT2D eigenvalue weighted by atomic mass is 35.5. The van der Waals surface area contributed by atoms with Crippen LogP contribution in [0, 0.1) is 0 Å². The molecule has 0 aliphatic heterocycles. The van der Waals surface area contributed by atoms with Gasteiger partial charge in [-0.1, -0.05) is 29.8 Å². The summed E-state index contributed by atoms with van der Waals surface area (Å²) in [6, 6.07) is 16.3. The van der Waals surface area contributed by atoms with Gasteiger partial charge >= 0.3 is 0 Å². The minimum atomic E-state index is 0.767. The number of benzene rings is 2. The van der Waals surface area contributed by atoms with Crippen molar-refractivity contribution in [1.82, 2.24) is 14.5 Å². The molecule has 0 atom stereocenters. The van der Waals surface area contributed by atoms with Gasteiger partial charge in [-0.15, -0.1) is 0 Å². The molecule has 2 aromatic heterocycles. The quantitative estimate of drug-likeness (QED) is 0.369. The second-order valence-corrected chi connectivity index (χ2v) is 8.12. The van der Waals surface area contributed by atoms with Crippen molar-refractivity contribution in [2.45, 2.75) is 13.0 Å². The van der Waals surface area contributed by atoms with E-state index in [9.17, 15) is 0 Å². The average molecular weight is 420 g/mol. The predicted molar refractivity (Wildman–Crippen MR) is 125 cm³/mol. The zero-order valence-corrected chi connectivity index (χ0v) is 18.4. The van der Waals surface area contributed by atoms with E-state index in [0.29, 0.717) is 0 Å². The monoisotopic (exact) mass is 419 g/mol. The van der Waals surface area contributed by atoms with Crippen molar-refractivity contribution < 1.29 is 4.74 Å². The van der Waals surface area contributed by atoms with Gasteiger partial charge in [0.1, 0.15) is 5.75 Å². The van der Waals surface area contributed by atoms with Crippen LogP contribution in [0.15, 0.2) is 67.1 Å². The van der Waals surface area contributed by atoms with Gasteiger partial charge in [0, 0.05) is 47.2 Å². The Morgan fingerprint density at radius 2 is 1.77 bits per heavy atom. The molecule has 0 unspecified atom stereocenters. The van der Waals surface area contributed by atoms with Crippen molar-refractivity contribution in [1.29, 1.82) is 0 Å². The van der Waals surface area contributed by atoms with Crippen LogP contribution in [0.4, 0.5) is 0 Å². The van der Waals surface area contributed by atoms with Gasteiger partial charge < -0.3 is 14.2 Å². The molecule has 0 radical (unpaired) electrons. The Hall–Kier alpha value is -2.82. The summed E-state index contributed by atoms with van der Waals surface area (Å²) in [6.07, 6.45) is 7.09. The first-order valence-electron chi connectivity index (χ1n) is 10.1.